The highest BCUT2D eigenvalue weighted by atomic mass is 16.5. The van der Waals surface area contributed by atoms with Crippen LogP contribution in [0.3, 0.4) is 0 Å². The highest BCUT2D eigenvalue weighted by Gasteiger charge is 2.09. The first kappa shape index (κ1) is 14.1. The molecule has 0 saturated heterocycles. The van der Waals surface area contributed by atoms with Gasteiger partial charge in [-0.1, -0.05) is 42.0 Å². The van der Waals surface area contributed by atoms with Gasteiger partial charge in [-0.2, -0.15) is 5.26 Å². The van der Waals surface area contributed by atoms with Crippen molar-refractivity contribution in [3.63, 3.8) is 0 Å². The molecule has 0 bridgehead atoms. The van der Waals surface area contributed by atoms with Crippen LogP contribution < -0.4 is 4.74 Å². The van der Waals surface area contributed by atoms with Crippen molar-refractivity contribution < 1.29 is 4.74 Å². The van der Waals surface area contributed by atoms with E-state index in [4.69, 9.17) is 4.74 Å². The molecule has 0 aliphatic rings. The fraction of sp³-hybridized carbons (Fsp3) is 0.278. The predicted octanol–water partition coefficient (Wildman–Crippen LogP) is 4.21. The van der Waals surface area contributed by atoms with Gasteiger partial charge in [0.1, 0.15) is 11.8 Å². The molecule has 0 aliphatic heterocycles. The summed E-state index contributed by atoms with van der Waals surface area (Å²) in [6, 6.07) is 18.4. The second-order valence-corrected chi connectivity index (χ2v) is 5.08. The minimum absolute atomic E-state index is 0.405. The Hall–Kier alpha value is -2.27. The average molecular weight is 265 g/mol. The average Bonchev–Trinajstić information content (AvgIpc) is 2.43. The summed E-state index contributed by atoms with van der Waals surface area (Å²) in [5.74, 6) is 0.765. The molecule has 2 aromatic carbocycles. The zero-order valence-electron chi connectivity index (χ0n) is 12.0. The highest BCUT2D eigenvalue weighted by Crippen LogP contribution is 2.16. The third-order valence-corrected chi connectivity index (χ3v) is 3.19. The van der Waals surface area contributed by atoms with Gasteiger partial charge in [0.15, 0.2) is 6.10 Å². The van der Waals surface area contributed by atoms with Crippen LogP contribution in [0, 0.1) is 25.2 Å². The molecule has 1 unspecified atom stereocenters. The molecule has 0 aliphatic carbocycles. The van der Waals surface area contributed by atoms with Gasteiger partial charge < -0.3 is 4.74 Å². The van der Waals surface area contributed by atoms with Crippen LogP contribution in [0.5, 0.6) is 5.75 Å². The van der Waals surface area contributed by atoms with E-state index in [2.05, 4.69) is 31.2 Å². The molecule has 0 fully saturated rings. The van der Waals surface area contributed by atoms with Crippen molar-refractivity contribution in [1.82, 2.24) is 0 Å². The molecule has 2 heteroatoms. The Balaban J connectivity index is 1.95. The topological polar surface area (TPSA) is 33.0 Å². The molecule has 0 aromatic heterocycles. The zero-order chi connectivity index (χ0) is 14.4. The Bertz CT molecular complexity index is 613. The molecule has 0 spiro atoms. The van der Waals surface area contributed by atoms with E-state index in [1.807, 2.05) is 37.3 Å². The normalized spacial score (nSPS) is 11.7. The van der Waals surface area contributed by atoms with E-state index >= 15 is 0 Å². The summed E-state index contributed by atoms with van der Waals surface area (Å²) in [5, 5.41) is 9.21. The Kier molecular flexibility index (Phi) is 4.79. The van der Waals surface area contributed by atoms with Gasteiger partial charge in [-0.25, -0.2) is 0 Å². The van der Waals surface area contributed by atoms with Crippen LogP contribution in [-0.2, 0) is 6.42 Å². The number of aryl methyl sites for hydroxylation is 3. The first-order valence-electron chi connectivity index (χ1n) is 6.86. The van der Waals surface area contributed by atoms with Gasteiger partial charge in [-0.3, -0.25) is 0 Å². The minimum atomic E-state index is -0.405. The van der Waals surface area contributed by atoms with Crippen LogP contribution in [-0.4, -0.2) is 6.10 Å². The summed E-state index contributed by atoms with van der Waals surface area (Å²) in [7, 11) is 0. The maximum Gasteiger partial charge on any atom is 0.184 e. The maximum absolute atomic E-state index is 9.21. The number of hydrogen-bond donors (Lipinski definition) is 0. The Morgan fingerprint density at radius 1 is 1.05 bits per heavy atom. The molecule has 20 heavy (non-hydrogen) atoms. The Morgan fingerprint density at radius 3 is 2.40 bits per heavy atom. The molecule has 0 N–H and O–H groups in total. The molecule has 2 rings (SSSR count). The van der Waals surface area contributed by atoms with Crippen molar-refractivity contribution in [3.8, 4) is 11.8 Å². The predicted molar refractivity (Wildman–Crippen MR) is 80.7 cm³/mol. The summed E-state index contributed by atoms with van der Waals surface area (Å²) in [6.07, 6.45) is 1.15. The van der Waals surface area contributed by atoms with Gasteiger partial charge in [0.2, 0.25) is 0 Å². The number of ether oxygens (including phenoxy) is 1. The van der Waals surface area contributed by atoms with Crippen molar-refractivity contribution in [2.24, 2.45) is 0 Å². The molecular weight excluding hydrogens is 246 g/mol. The number of nitriles is 1. The third kappa shape index (κ3) is 4.13. The summed E-state index contributed by atoms with van der Waals surface area (Å²) in [5.41, 5.74) is 3.63. The Morgan fingerprint density at radius 2 is 1.75 bits per heavy atom. The quantitative estimate of drug-likeness (QED) is 0.811. The van der Waals surface area contributed by atoms with Gasteiger partial charge in [0.05, 0.1) is 0 Å². The fourth-order valence-electron chi connectivity index (χ4n) is 2.17. The lowest BCUT2D eigenvalue weighted by Gasteiger charge is -2.13. The number of benzene rings is 2. The second kappa shape index (κ2) is 6.77. The van der Waals surface area contributed by atoms with E-state index < -0.39 is 6.10 Å². The van der Waals surface area contributed by atoms with Crippen LogP contribution in [0.25, 0.3) is 0 Å². The lowest BCUT2D eigenvalue weighted by molar-refractivity contribution is 0.245. The second-order valence-electron chi connectivity index (χ2n) is 5.08. The van der Waals surface area contributed by atoms with Gasteiger partial charge in [-0.15, -0.1) is 0 Å². The van der Waals surface area contributed by atoms with Crippen LogP contribution in [0.1, 0.15) is 23.1 Å². The van der Waals surface area contributed by atoms with E-state index in [-0.39, 0.29) is 0 Å². The van der Waals surface area contributed by atoms with Crippen molar-refractivity contribution in [1.29, 1.82) is 5.26 Å². The molecular formula is C18H19NO. The van der Waals surface area contributed by atoms with Crippen molar-refractivity contribution in [2.75, 3.05) is 0 Å². The third-order valence-electron chi connectivity index (χ3n) is 3.19. The first-order valence-corrected chi connectivity index (χ1v) is 6.86. The van der Waals surface area contributed by atoms with Gasteiger partial charge in [0.25, 0.3) is 0 Å². The fourth-order valence-corrected chi connectivity index (χ4v) is 2.17. The van der Waals surface area contributed by atoms with Crippen molar-refractivity contribution in [2.45, 2.75) is 32.8 Å². The molecule has 0 saturated carbocycles. The number of rotatable bonds is 5. The molecule has 0 amide bonds. The molecule has 0 heterocycles. The van der Waals surface area contributed by atoms with E-state index in [1.165, 1.54) is 11.1 Å². The smallest absolute Gasteiger partial charge is 0.184 e. The van der Waals surface area contributed by atoms with Crippen LogP contribution in [0.15, 0.2) is 48.5 Å². The van der Waals surface area contributed by atoms with Gasteiger partial charge in [-0.05, 0) is 43.5 Å². The van der Waals surface area contributed by atoms with E-state index in [9.17, 15) is 5.26 Å². The van der Waals surface area contributed by atoms with Crippen molar-refractivity contribution >= 4 is 0 Å². The lowest BCUT2D eigenvalue weighted by Crippen LogP contribution is -2.15. The van der Waals surface area contributed by atoms with Crippen LogP contribution in [0.4, 0.5) is 0 Å². The monoisotopic (exact) mass is 265 g/mol. The molecule has 1 atom stereocenters. The van der Waals surface area contributed by atoms with Crippen molar-refractivity contribution in [3.05, 3.63) is 65.2 Å². The first-order chi connectivity index (χ1) is 9.67. The lowest BCUT2D eigenvalue weighted by atomic mass is 10.1. The van der Waals surface area contributed by atoms with Crippen LogP contribution in [0.2, 0.25) is 0 Å². The van der Waals surface area contributed by atoms with Gasteiger partial charge in [0, 0.05) is 6.42 Å². The molecule has 2 aromatic rings. The molecule has 2 nitrogen and oxygen atoms in total. The Labute approximate surface area is 120 Å². The zero-order valence-corrected chi connectivity index (χ0v) is 12.0. The summed E-state index contributed by atoms with van der Waals surface area (Å²) in [6.45, 7) is 4.09. The van der Waals surface area contributed by atoms with Crippen LogP contribution >= 0.6 is 0 Å². The summed E-state index contributed by atoms with van der Waals surface area (Å²) in [4.78, 5) is 0. The molecule has 0 radical (unpaired) electrons. The minimum Gasteiger partial charge on any atom is -0.476 e. The summed E-state index contributed by atoms with van der Waals surface area (Å²) < 4.78 is 5.74. The largest absolute Gasteiger partial charge is 0.476 e. The SMILES string of the molecule is Cc1cccc(CCC(C#N)Oc2cccc(C)c2)c1. The summed E-state index contributed by atoms with van der Waals surface area (Å²) >= 11 is 0. The van der Waals surface area contributed by atoms with Gasteiger partial charge >= 0.3 is 0 Å². The number of hydrogen-bond acceptors (Lipinski definition) is 2. The highest BCUT2D eigenvalue weighted by molar-refractivity contribution is 5.28. The molecule has 102 valence electrons. The van der Waals surface area contributed by atoms with E-state index in [0.29, 0.717) is 6.42 Å². The maximum atomic E-state index is 9.21. The number of nitrogens with zero attached hydrogens (tertiary/aromatic N) is 1. The van der Waals surface area contributed by atoms with E-state index in [1.54, 1.807) is 0 Å². The standard InChI is InChI=1S/C18H19NO/c1-14-5-3-7-16(11-14)9-10-18(13-19)20-17-8-4-6-15(2)12-17/h3-8,11-12,18H,9-10H2,1-2H3. The van der Waals surface area contributed by atoms with E-state index in [0.717, 1.165) is 17.7 Å².